The van der Waals surface area contributed by atoms with E-state index in [1.807, 2.05) is 6.92 Å². The van der Waals surface area contributed by atoms with Crippen molar-refractivity contribution in [2.24, 2.45) is 0 Å². The van der Waals surface area contributed by atoms with Crippen LogP contribution in [-0.2, 0) is 0 Å². The van der Waals surface area contributed by atoms with Crippen LogP contribution in [0.15, 0.2) is 18.5 Å². The van der Waals surface area contributed by atoms with Crippen molar-refractivity contribution in [1.82, 2.24) is 15.2 Å². The normalized spacial score (nSPS) is 10.5. The Kier molecular flexibility index (Phi) is 4.43. The van der Waals surface area contributed by atoms with E-state index in [-0.39, 0.29) is 5.24 Å². The molecule has 0 unspecified atom stereocenters. The molecule has 0 radical (unpaired) electrons. The number of carbonyl (C=O) groups is 1. The molecule has 100 valence electrons. The van der Waals surface area contributed by atoms with Gasteiger partial charge >= 0.3 is 0 Å². The molecule has 19 heavy (non-hydrogen) atoms. The van der Waals surface area contributed by atoms with Crippen LogP contribution in [0.1, 0.15) is 6.92 Å². The molecule has 2 rings (SSSR count). The summed E-state index contributed by atoms with van der Waals surface area (Å²) < 4.78 is 13.1. The lowest BCUT2D eigenvalue weighted by atomic mass is 10.3. The number of nitrogens with zero attached hydrogens (tertiary/aromatic N) is 4. The Hall–Kier alpha value is -1.54. The molecule has 0 aliphatic heterocycles. The van der Waals surface area contributed by atoms with Crippen molar-refractivity contribution in [3.05, 3.63) is 24.3 Å². The highest BCUT2D eigenvalue weighted by Crippen LogP contribution is 2.29. The lowest BCUT2D eigenvalue weighted by Gasteiger charge is -2.10. The molecule has 5 nitrogen and oxygen atoms in total. The smallest absolute Gasteiger partial charge is 0.281 e. The van der Waals surface area contributed by atoms with Crippen molar-refractivity contribution in [1.29, 1.82) is 0 Å². The van der Waals surface area contributed by atoms with Gasteiger partial charge in [-0.1, -0.05) is 30.0 Å². The average Bonchev–Trinajstić information content (AvgIpc) is 2.87. The molecule has 0 atom stereocenters. The third-order valence-electron chi connectivity index (χ3n) is 2.19. The zero-order chi connectivity index (χ0) is 13.8. The number of thioether (sulfide) groups is 1. The SMILES string of the molecule is CCSC(=O)N(C)c1nnc(-c2cncc(F)c2)s1. The van der Waals surface area contributed by atoms with E-state index in [0.717, 1.165) is 6.20 Å². The largest absolute Gasteiger partial charge is 0.287 e. The van der Waals surface area contributed by atoms with Crippen molar-refractivity contribution < 1.29 is 9.18 Å². The first-order chi connectivity index (χ1) is 9.11. The second-order valence-corrected chi connectivity index (χ2v) is 5.71. The first kappa shape index (κ1) is 13.9. The Bertz CT molecular complexity index is 590. The molecule has 0 fully saturated rings. The quantitative estimate of drug-likeness (QED) is 0.871. The fraction of sp³-hybridized carbons (Fsp3) is 0.273. The first-order valence-electron chi connectivity index (χ1n) is 5.46. The van der Waals surface area contributed by atoms with Crippen molar-refractivity contribution in [3.8, 4) is 10.6 Å². The van der Waals surface area contributed by atoms with Gasteiger partial charge < -0.3 is 0 Å². The highest BCUT2D eigenvalue weighted by molar-refractivity contribution is 8.13. The van der Waals surface area contributed by atoms with Crippen LogP contribution in [0.4, 0.5) is 14.3 Å². The summed E-state index contributed by atoms with van der Waals surface area (Å²) in [5.74, 6) is 0.267. The standard InChI is InChI=1S/C11H11FN4OS2/c1-3-18-11(17)16(2)10-15-14-9(19-10)7-4-8(12)6-13-5-7/h4-6H,3H2,1-2H3. The maximum absolute atomic E-state index is 13.1. The van der Waals surface area contributed by atoms with Gasteiger partial charge in [-0.3, -0.25) is 14.7 Å². The molecule has 2 aromatic heterocycles. The number of hydrogen-bond donors (Lipinski definition) is 0. The fourth-order valence-corrected chi connectivity index (χ4v) is 2.67. The molecule has 0 aromatic carbocycles. The highest BCUT2D eigenvalue weighted by Gasteiger charge is 2.16. The molecule has 2 aromatic rings. The Morgan fingerprint density at radius 2 is 2.26 bits per heavy atom. The van der Waals surface area contributed by atoms with Crippen LogP contribution >= 0.6 is 23.1 Å². The van der Waals surface area contributed by atoms with Gasteiger partial charge in [-0.05, 0) is 11.8 Å². The first-order valence-corrected chi connectivity index (χ1v) is 7.27. The van der Waals surface area contributed by atoms with Crippen LogP contribution in [-0.4, -0.2) is 33.2 Å². The minimum absolute atomic E-state index is 0.0948. The van der Waals surface area contributed by atoms with Crippen LogP contribution in [0, 0.1) is 5.82 Å². The number of carbonyl (C=O) groups excluding carboxylic acids is 1. The summed E-state index contributed by atoms with van der Waals surface area (Å²) >= 11 is 2.42. The van der Waals surface area contributed by atoms with Crippen molar-refractivity contribution >= 4 is 33.5 Å². The van der Waals surface area contributed by atoms with Gasteiger partial charge in [0.25, 0.3) is 5.24 Å². The lowest BCUT2D eigenvalue weighted by molar-refractivity contribution is 0.266. The fourth-order valence-electron chi connectivity index (χ4n) is 1.29. The topological polar surface area (TPSA) is 59.0 Å². The number of anilines is 1. The molecule has 0 bridgehead atoms. The Balaban J connectivity index is 2.21. The van der Waals surface area contributed by atoms with Gasteiger partial charge in [0.05, 0.1) is 6.20 Å². The van der Waals surface area contributed by atoms with E-state index in [1.165, 1.54) is 40.3 Å². The average molecular weight is 298 g/mol. The van der Waals surface area contributed by atoms with Crippen molar-refractivity contribution in [2.45, 2.75) is 6.92 Å². The Morgan fingerprint density at radius 3 is 2.95 bits per heavy atom. The third kappa shape index (κ3) is 3.27. The molecule has 0 N–H and O–H groups in total. The predicted molar refractivity (Wildman–Crippen MR) is 75.0 cm³/mol. The molecule has 8 heteroatoms. The van der Waals surface area contributed by atoms with E-state index in [2.05, 4.69) is 15.2 Å². The second kappa shape index (κ2) is 6.07. The molecule has 0 saturated carbocycles. The molecule has 0 aliphatic rings. The van der Waals surface area contributed by atoms with Crippen LogP contribution < -0.4 is 4.90 Å². The van der Waals surface area contributed by atoms with Gasteiger partial charge in [-0.25, -0.2) is 4.39 Å². The van der Waals surface area contributed by atoms with Crippen LogP contribution in [0.25, 0.3) is 10.6 Å². The number of halogens is 1. The lowest BCUT2D eigenvalue weighted by Crippen LogP contribution is -2.21. The molecular weight excluding hydrogens is 287 g/mol. The van der Waals surface area contributed by atoms with Crippen LogP contribution in [0.5, 0.6) is 0 Å². The third-order valence-corrected chi connectivity index (χ3v) is 4.05. The number of aromatic nitrogens is 3. The monoisotopic (exact) mass is 298 g/mol. The number of pyridine rings is 1. The summed E-state index contributed by atoms with van der Waals surface area (Å²) in [6, 6.07) is 1.33. The second-order valence-electron chi connectivity index (χ2n) is 3.54. The summed E-state index contributed by atoms with van der Waals surface area (Å²) in [6.07, 6.45) is 2.63. The molecule has 0 saturated heterocycles. The van der Waals surface area contributed by atoms with Crippen LogP contribution in [0.2, 0.25) is 0 Å². The summed E-state index contributed by atoms with van der Waals surface area (Å²) in [4.78, 5) is 16.9. The van der Waals surface area contributed by atoms with E-state index in [0.29, 0.717) is 21.5 Å². The Labute approximate surface area is 117 Å². The minimum atomic E-state index is -0.430. The van der Waals surface area contributed by atoms with Gasteiger partial charge in [0.1, 0.15) is 5.82 Å². The van der Waals surface area contributed by atoms with Crippen molar-refractivity contribution in [3.63, 3.8) is 0 Å². The summed E-state index contributed by atoms with van der Waals surface area (Å²) in [6.45, 7) is 1.90. The van der Waals surface area contributed by atoms with E-state index in [9.17, 15) is 9.18 Å². The maximum atomic E-state index is 13.1. The van der Waals surface area contributed by atoms with E-state index < -0.39 is 5.82 Å². The van der Waals surface area contributed by atoms with Crippen molar-refractivity contribution in [2.75, 3.05) is 17.7 Å². The minimum Gasteiger partial charge on any atom is -0.281 e. The number of rotatable bonds is 3. The van der Waals surface area contributed by atoms with Gasteiger partial charge in [0.2, 0.25) is 5.13 Å². The molecular formula is C11H11FN4OS2. The number of hydrogen-bond acceptors (Lipinski definition) is 6. The summed E-state index contributed by atoms with van der Waals surface area (Å²) in [7, 11) is 1.64. The molecule has 0 aliphatic carbocycles. The van der Waals surface area contributed by atoms with E-state index >= 15 is 0 Å². The molecule has 0 spiro atoms. The van der Waals surface area contributed by atoms with Crippen LogP contribution in [0.3, 0.4) is 0 Å². The Morgan fingerprint density at radius 1 is 1.47 bits per heavy atom. The van der Waals surface area contributed by atoms with Gasteiger partial charge in [-0.2, -0.15) is 0 Å². The summed E-state index contributed by atoms with van der Waals surface area (Å²) in [5, 5.41) is 8.80. The number of amides is 1. The van der Waals surface area contributed by atoms with Gasteiger partial charge in [-0.15, -0.1) is 10.2 Å². The maximum Gasteiger partial charge on any atom is 0.287 e. The molecule has 1 amide bonds. The van der Waals surface area contributed by atoms with Gasteiger partial charge in [0.15, 0.2) is 5.01 Å². The van der Waals surface area contributed by atoms with Gasteiger partial charge in [0, 0.05) is 18.8 Å². The predicted octanol–water partition coefficient (Wildman–Crippen LogP) is 3.05. The van der Waals surface area contributed by atoms with E-state index in [1.54, 1.807) is 7.05 Å². The van der Waals surface area contributed by atoms with E-state index in [4.69, 9.17) is 0 Å². The molecule has 2 heterocycles. The summed E-state index contributed by atoms with van der Waals surface area (Å²) in [5.41, 5.74) is 0.549. The zero-order valence-electron chi connectivity index (χ0n) is 10.3. The zero-order valence-corrected chi connectivity index (χ0v) is 12.0. The highest BCUT2D eigenvalue weighted by atomic mass is 32.2.